The minimum atomic E-state index is -3.75. The van der Waals surface area contributed by atoms with Crippen LogP contribution in [0.1, 0.15) is 5.56 Å². The molecule has 0 heterocycles. The van der Waals surface area contributed by atoms with Crippen LogP contribution in [0.2, 0.25) is 0 Å². The average Bonchev–Trinajstić information content (AvgIpc) is 2.36. The summed E-state index contributed by atoms with van der Waals surface area (Å²) in [4.78, 5) is 0. The van der Waals surface area contributed by atoms with Gasteiger partial charge in [-0.15, -0.1) is 0 Å². The maximum Gasteiger partial charge on any atom is 0.296 e. The predicted octanol–water partition coefficient (Wildman–Crippen LogP) is 2.68. The van der Waals surface area contributed by atoms with Crippen molar-refractivity contribution in [2.24, 2.45) is 5.14 Å². The Labute approximate surface area is 126 Å². The molecule has 2 rings (SSSR count). The molecule has 0 unspecified atom stereocenters. The Hall–Kier alpha value is -1.57. The number of nitrogens with one attached hydrogen (secondary N) is 2. The van der Waals surface area contributed by atoms with E-state index in [0.29, 0.717) is 12.2 Å². The van der Waals surface area contributed by atoms with Gasteiger partial charge in [0.1, 0.15) is 0 Å². The summed E-state index contributed by atoms with van der Waals surface area (Å²) in [7, 11) is -3.75. The zero-order valence-electron chi connectivity index (χ0n) is 10.5. The maximum absolute atomic E-state index is 11.0. The molecule has 0 bridgehead atoms. The summed E-state index contributed by atoms with van der Waals surface area (Å²) in [6, 6.07) is 14.9. The molecule has 0 amide bonds. The molecule has 0 saturated heterocycles. The molecule has 0 atom stereocenters. The molecule has 0 aliphatic carbocycles. The fourth-order valence-electron chi connectivity index (χ4n) is 1.66. The molecule has 7 heteroatoms. The van der Waals surface area contributed by atoms with Gasteiger partial charge in [-0.25, -0.2) is 5.14 Å². The van der Waals surface area contributed by atoms with E-state index in [1.807, 2.05) is 30.3 Å². The van der Waals surface area contributed by atoms with Gasteiger partial charge in [-0.2, -0.15) is 8.42 Å². The van der Waals surface area contributed by atoms with Crippen LogP contribution in [-0.2, 0) is 16.8 Å². The first-order chi connectivity index (χ1) is 9.42. The number of nitrogens with two attached hydrogens (primary N) is 1. The van der Waals surface area contributed by atoms with Gasteiger partial charge in [0, 0.05) is 16.7 Å². The Bertz CT molecular complexity index is 687. The molecule has 0 radical (unpaired) electrons. The molecule has 2 aromatic rings. The lowest BCUT2D eigenvalue weighted by Gasteiger charge is -2.09. The third-order valence-electron chi connectivity index (χ3n) is 2.53. The van der Waals surface area contributed by atoms with Crippen molar-refractivity contribution in [2.45, 2.75) is 6.54 Å². The molecule has 20 heavy (non-hydrogen) atoms. The van der Waals surface area contributed by atoms with E-state index in [-0.39, 0.29) is 0 Å². The summed E-state index contributed by atoms with van der Waals surface area (Å²) in [5.74, 6) is 0. The Kier molecular flexibility index (Phi) is 4.64. The van der Waals surface area contributed by atoms with Crippen LogP contribution in [-0.4, -0.2) is 8.42 Å². The van der Waals surface area contributed by atoms with Crippen LogP contribution >= 0.6 is 15.9 Å². The molecule has 0 aliphatic rings. The zero-order chi connectivity index (χ0) is 14.6. The minimum Gasteiger partial charge on any atom is -0.381 e. The third-order valence-corrected chi connectivity index (χ3v) is 3.58. The molecular formula is C13H14BrN3O2S. The smallest absolute Gasteiger partial charge is 0.296 e. The molecule has 5 nitrogen and oxygen atoms in total. The number of hydrogen-bond acceptors (Lipinski definition) is 3. The Balaban J connectivity index is 2.03. The summed E-state index contributed by atoms with van der Waals surface area (Å²) in [6.07, 6.45) is 0. The molecule has 106 valence electrons. The number of rotatable bonds is 5. The lowest BCUT2D eigenvalue weighted by Crippen LogP contribution is -2.21. The van der Waals surface area contributed by atoms with Gasteiger partial charge in [0.15, 0.2) is 0 Å². The van der Waals surface area contributed by atoms with Gasteiger partial charge in [-0.3, -0.25) is 4.72 Å². The predicted molar refractivity (Wildman–Crippen MR) is 84.6 cm³/mol. The van der Waals surface area contributed by atoms with Crippen LogP contribution in [0.5, 0.6) is 0 Å². The molecule has 0 fully saturated rings. The lowest BCUT2D eigenvalue weighted by atomic mass is 10.2. The lowest BCUT2D eigenvalue weighted by molar-refractivity contribution is 0.603. The number of hydrogen-bond donors (Lipinski definition) is 3. The highest BCUT2D eigenvalue weighted by atomic mass is 79.9. The molecule has 4 N–H and O–H groups in total. The first-order valence-electron chi connectivity index (χ1n) is 5.81. The summed E-state index contributed by atoms with van der Waals surface area (Å²) >= 11 is 3.38. The van der Waals surface area contributed by atoms with E-state index in [0.717, 1.165) is 15.7 Å². The normalized spacial score (nSPS) is 11.1. The fourth-order valence-corrected chi connectivity index (χ4v) is 2.38. The molecule has 2 aromatic carbocycles. The van der Waals surface area contributed by atoms with Gasteiger partial charge in [-0.05, 0) is 35.9 Å². The third kappa shape index (κ3) is 4.84. The molecule has 0 spiro atoms. The van der Waals surface area contributed by atoms with E-state index in [1.54, 1.807) is 18.2 Å². The van der Waals surface area contributed by atoms with Crippen LogP contribution in [0.25, 0.3) is 0 Å². The van der Waals surface area contributed by atoms with Gasteiger partial charge in [0.25, 0.3) is 10.2 Å². The first-order valence-corrected chi connectivity index (χ1v) is 8.15. The SMILES string of the molecule is NS(=O)(=O)Nc1cccc(NCc2ccc(Br)cc2)c1. The first kappa shape index (κ1) is 14.8. The van der Waals surface area contributed by atoms with Crippen molar-refractivity contribution < 1.29 is 8.42 Å². The van der Waals surface area contributed by atoms with E-state index < -0.39 is 10.2 Å². The van der Waals surface area contributed by atoms with Crippen molar-refractivity contribution in [3.05, 3.63) is 58.6 Å². The summed E-state index contributed by atoms with van der Waals surface area (Å²) in [5, 5.41) is 8.15. The van der Waals surface area contributed by atoms with E-state index in [9.17, 15) is 8.42 Å². The van der Waals surface area contributed by atoms with Gasteiger partial charge in [0.2, 0.25) is 0 Å². The monoisotopic (exact) mass is 355 g/mol. The summed E-state index contributed by atoms with van der Waals surface area (Å²) < 4.78 is 25.2. The Morgan fingerprint density at radius 1 is 1.05 bits per heavy atom. The minimum absolute atomic E-state index is 0.424. The molecule has 0 aromatic heterocycles. The van der Waals surface area contributed by atoms with Crippen LogP contribution in [0.4, 0.5) is 11.4 Å². The van der Waals surface area contributed by atoms with Gasteiger partial charge >= 0.3 is 0 Å². The van der Waals surface area contributed by atoms with Gasteiger partial charge < -0.3 is 5.32 Å². The largest absolute Gasteiger partial charge is 0.381 e. The standard InChI is InChI=1S/C13H14BrN3O2S/c14-11-6-4-10(5-7-11)9-16-12-2-1-3-13(8-12)17-20(15,18)19/h1-8,16-17H,9H2,(H2,15,18,19). The Morgan fingerprint density at radius 2 is 1.70 bits per heavy atom. The van der Waals surface area contributed by atoms with E-state index >= 15 is 0 Å². The van der Waals surface area contributed by atoms with Crippen molar-refractivity contribution in [3.8, 4) is 0 Å². The molecule has 0 saturated carbocycles. The zero-order valence-corrected chi connectivity index (χ0v) is 12.9. The number of halogens is 1. The van der Waals surface area contributed by atoms with E-state index in [2.05, 4.69) is 26.0 Å². The van der Waals surface area contributed by atoms with Crippen LogP contribution in [0.3, 0.4) is 0 Å². The summed E-state index contributed by atoms with van der Waals surface area (Å²) in [6.45, 7) is 0.645. The van der Waals surface area contributed by atoms with Crippen LogP contribution in [0.15, 0.2) is 53.0 Å². The van der Waals surface area contributed by atoms with E-state index in [4.69, 9.17) is 5.14 Å². The fraction of sp³-hybridized carbons (Fsp3) is 0.0769. The second kappa shape index (κ2) is 6.25. The van der Waals surface area contributed by atoms with Crippen molar-refractivity contribution in [1.82, 2.24) is 0 Å². The second-order valence-electron chi connectivity index (χ2n) is 4.21. The number of benzene rings is 2. The highest BCUT2D eigenvalue weighted by Crippen LogP contribution is 2.17. The second-order valence-corrected chi connectivity index (χ2v) is 6.42. The van der Waals surface area contributed by atoms with Crippen molar-refractivity contribution in [3.63, 3.8) is 0 Å². The average molecular weight is 356 g/mol. The molecular weight excluding hydrogens is 342 g/mol. The van der Waals surface area contributed by atoms with E-state index in [1.165, 1.54) is 0 Å². The van der Waals surface area contributed by atoms with Gasteiger partial charge in [0.05, 0.1) is 5.69 Å². The van der Waals surface area contributed by atoms with Crippen LogP contribution < -0.4 is 15.2 Å². The van der Waals surface area contributed by atoms with Gasteiger partial charge in [-0.1, -0.05) is 34.1 Å². The topological polar surface area (TPSA) is 84.2 Å². The quantitative estimate of drug-likeness (QED) is 0.770. The van der Waals surface area contributed by atoms with Crippen LogP contribution in [0, 0.1) is 0 Å². The summed E-state index contributed by atoms with van der Waals surface area (Å²) in [5.41, 5.74) is 2.35. The van der Waals surface area contributed by atoms with Crippen molar-refractivity contribution in [1.29, 1.82) is 0 Å². The van der Waals surface area contributed by atoms with Crippen molar-refractivity contribution >= 4 is 37.5 Å². The highest BCUT2D eigenvalue weighted by Gasteiger charge is 2.02. The highest BCUT2D eigenvalue weighted by molar-refractivity contribution is 9.10. The Morgan fingerprint density at radius 3 is 2.35 bits per heavy atom. The number of anilines is 2. The maximum atomic E-state index is 11.0. The molecule has 0 aliphatic heterocycles. The van der Waals surface area contributed by atoms with Crippen molar-refractivity contribution in [2.75, 3.05) is 10.0 Å².